The lowest BCUT2D eigenvalue weighted by Gasteiger charge is -2.17. The number of anilines is 1. The summed E-state index contributed by atoms with van der Waals surface area (Å²) < 4.78 is 0. The maximum atomic E-state index is 2.32. The van der Waals surface area contributed by atoms with E-state index in [1.54, 1.807) is 0 Å². The first-order valence-corrected chi connectivity index (χ1v) is 11.2. The van der Waals surface area contributed by atoms with Gasteiger partial charge in [0.25, 0.3) is 0 Å². The highest BCUT2D eigenvalue weighted by Crippen LogP contribution is 2.20. The number of rotatable bonds is 14. The van der Waals surface area contributed by atoms with Crippen LogP contribution in [0.25, 0.3) is 6.08 Å². The van der Waals surface area contributed by atoms with Crippen LogP contribution in [0, 0.1) is 0 Å². The number of para-hydroxylation sites is 1. The maximum absolute atomic E-state index is 2.32. The average molecular weight is 378 g/mol. The molecular formula is C27H39N. The molecule has 0 saturated heterocycles. The maximum Gasteiger partial charge on any atom is 0.0393 e. The van der Waals surface area contributed by atoms with Crippen LogP contribution in [0.3, 0.4) is 0 Å². The zero-order valence-electron chi connectivity index (χ0n) is 18.1. The van der Waals surface area contributed by atoms with Crippen molar-refractivity contribution in [2.45, 2.75) is 70.6 Å². The van der Waals surface area contributed by atoms with Crippen LogP contribution < -0.4 is 4.90 Å². The molecule has 0 amide bonds. The number of aryl methyl sites for hydroxylation is 1. The molecule has 1 heteroatoms. The van der Waals surface area contributed by atoms with Crippen molar-refractivity contribution in [3.8, 4) is 0 Å². The molecule has 1 nitrogen and oxygen atoms in total. The highest BCUT2D eigenvalue weighted by atomic mass is 15.1. The summed E-state index contributed by atoms with van der Waals surface area (Å²) in [4.78, 5) is 2.23. The molecule has 0 atom stereocenters. The van der Waals surface area contributed by atoms with Crippen molar-refractivity contribution in [3.05, 3.63) is 71.8 Å². The molecule has 0 aromatic heterocycles. The quantitative estimate of drug-likeness (QED) is 0.302. The van der Waals surface area contributed by atoms with Crippen molar-refractivity contribution in [3.63, 3.8) is 0 Å². The van der Waals surface area contributed by atoms with Crippen molar-refractivity contribution in [2.24, 2.45) is 0 Å². The largest absolute Gasteiger partial charge is 0.377 e. The van der Waals surface area contributed by atoms with Crippen molar-refractivity contribution in [1.82, 2.24) is 0 Å². The first-order valence-electron chi connectivity index (χ1n) is 11.2. The molecule has 152 valence electrons. The summed E-state index contributed by atoms with van der Waals surface area (Å²) >= 11 is 0. The van der Waals surface area contributed by atoms with Gasteiger partial charge in [-0.1, -0.05) is 106 Å². The SMILES string of the molecule is CN(C)c1ccccc1CCCCCCCCCCCC=Cc1ccccc1. The van der Waals surface area contributed by atoms with Crippen LogP contribution in [0.4, 0.5) is 5.69 Å². The molecule has 0 spiro atoms. The molecule has 0 unspecified atom stereocenters. The number of hydrogen-bond acceptors (Lipinski definition) is 1. The summed E-state index contributed by atoms with van der Waals surface area (Å²) in [5.74, 6) is 0. The first-order chi connectivity index (χ1) is 13.8. The van der Waals surface area contributed by atoms with Gasteiger partial charge < -0.3 is 4.90 Å². The minimum Gasteiger partial charge on any atom is -0.377 e. The molecule has 0 saturated carbocycles. The number of hydrogen-bond donors (Lipinski definition) is 0. The van der Waals surface area contributed by atoms with Crippen molar-refractivity contribution >= 4 is 11.8 Å². The highest BCUT2D eigenvalue weighted by molar-refractivity contribution is 5.52. The summed E-state index contributed by atoms with van der Waals surface area (Å²) in [5.41, 5.74) is 4.18. The van der Waals surface area contributed by atoms with Gasteiger partial charge in [0.15, 0.2) is 0 Å². The molecule has 2 aromatic carbocycles. The van der Waals surface area contributed by atoms with Gasteiger partial charge in [-0.15, -0.1) is 0 Å². The molecule has 0 heterocycles. The first kappa shape index (κ1) is 22.3. The Morgan fingerprint density at radius 2 is 1.21 bits per heavy atom. The normalized spacial score (nSPS) is 11.2. The number of unbranched alkanes of at least 4 members (excludes halogenated alkanes) is 9. The Morgan fingerprint density at radius 1 is 0.643 bits per heavy atom. The van der Waals surface area contributed by atoms with E-state index in [9.17, 15) is 0 Å². The Kier molecular flexibility index (Phi) is 11.2. The van der Waals surface area contributed by atoms with E-state index in [0.29, 0.717) is 0 Å². The molecule has 0 bridgehead atoms. The average Bonchev–Trinajstić information content (AvgIpc) is 2.72. The van der Waals surface area contributed by atoms with E-state index >= 15 is 0 Å². The molecule has 0 aliphatic carbocycles. The van der Waals surface area contributed by atoms with Gasteiger partial charge in [0.2, 0.25) is 0 Å². The predicted octanol–water partition coefficient (Wildman–Crippen LogP) is 7.91. The fourth-order valence-electron chi connectivity index (χ4n) is 3.76. The smallest absolute Gasteiger partial charge is 0.0393 e. The second-order valence-corrected chi connectivity index (χ2v) is 8.06. The Balaban J connectivity index is 1.41. The highest BCUT2D eigenvalue weighted by Gasteiger charge is 2.03. The predicted molar refractivity (Wildman–Crippen MR) is 126 cm³/mol. The van der Waals surface area contributed by atoms with Gasteiger partial charge in [0.05, 0.1) is 0 Å². The van der Waals surface area contributed by atoms with E-state index in [4.69, 9.17) is 0 Å². The zero-order chi connectivity index (χ0) is 19.9. The molecule has 2 rings (SSSR count). The second kappa shape index (κ2) is 14.0. The number of benzene rings is 2. The number of allylic oxidation sites excluding steroid dienone is 1. The van der Waals surface area contributed by atoms with Gasteiger partial charge in [-0.25, -0.2) is 0 Å². The third kappa shape index (κ3) is 9.26. The lowest BCUT2D eigenvalue weighted by atomic mass is 10.0. The number of nitrogens with zero attached hydrogens (tertiary/aromatic N) is 1. The molecule has 2 aromatic rings. The minimum absolute atomic E-state index is 1.21. The lowest BCUT2D eigenvalue weighted by Crippen LogP contribution is -2.11. The lowest BCUT2D eigenvalue weighted by molar-refractivity contribution is 0.560. The van der Waals surface area contributed by atoms with Crippen LogP contribution in [0.1, 0.15) is 75.3 Å². The summed E-state index contributed by atoms with van der Waals surface area (Å²) in [6, 6.07) is 19.4. The van der Waals surface area contributed by atoms with Crippen LogP contribution in [-0.2, 0) is 6.42 Å². The van der Waals surface area contributed by atoms with E-state index in [1.807, 2.05) is 0 Å². The van der Waals surface area contributed by atoms with Gasteiger partial charge >= 0.3 is 0 Å². The fourth-order valence-corrected chi connectivity index (χ4v) is 3.76. The molecule has 0 fully saturated rings. The monoisotopic (exact) mass is 377 g/mol. The van der Waals surface area contributed by atoms with Crippen LogP contribution in [-0.4, -0.2) is 14.1 Å². The Morgan fingerprint density at radius 3 is 1.89 bits per heavy atom. The molecule has 0 N–H and O–H groups in total. The Hall–Kier alpha value is -2.02. The second-order valence-electron chi connectivity index (χ2n) is 8.06. The standard InChI is InChI=1S/C27H39N/c1-28(2)27-24-18-17-23-26(27)22-16-11-9-7-5-3-4-6-8-10-13-19-25-20-14-12-15-21-25/h12-15,17-21,23-24H,3-11,16,22H2,1-2H3. The van der Waals surface area contributed by atoms with E-state index < -0.39 is 0 Å². The fraction of sp³-hybridized carbons (Fsp3) is 0.481. The Labute approximate surface area is 173 Å². The summed E-state index contributed by atoms with van der Waals surface area (Å²) in [6.07, 6.45) is 19.4. The minimum atomic E-state index is 1.21. The van der Waals surface area contributed by atoms with E-state index in [1.165, 1.54) is 87.4 Å². The molecule has 0 aliphatic heterocycles. The van der Waals surface area contributed by atoms with Gasteiger partial charge in [-0.2, -0.15) is 0 Å². The summed E-state index contributed by atoms with van der Waals surface area (Å²) in [6.45, 7) is 0. The molecular weight excluding hydrogens is 338 g/mol. The Bertz CT molecular complexity index is 657. The van der Waals surface area contributed by atoms with Gasteiger partial charge in [-0.05, 0) is 42.9 Å². The summed E-state index contributed by atoms with van der Waals surface area (Å²) in [5, 5.41) is 0. The van der Waals surface area contributed by atoms with Crippen LogP contribution in [0.15, 0.2) is 60.7 Å². The summed E-state index contributed by atoms with van der Waals surface area (Å²) in [7, 11) is 4.27. The van der Waals surface area contributed by atoms with Crippen molar-refractivity contribution in [1.29, 1.82) is 0 Å². The van der Waals surface area contributed by atoms with E-state index in [2.05, 4.69) is 85.7 Å². The van der Waals surface area contributed by atoms with Gasteiger partial charge in [0.1, 0.15) is 0 Å². The van der Waals surface area contributed by atoms with Gasteiger partial charge in [0, 0.05) is 19.8 Å². The molecule has 0 radical (unpaired) electrons. The van der Waals surface area contributed by atoms with E-state index in [0.717, 1.165) is 0 Å². The van der Waals surface area contributed by atoms with E-state index in [-0.39, 0.29) is 0 Å². The van der Waals surface area contributed by atoms with Crippen molar-refractivity contribution < 1.29 is 0 Å². The van der Waals surface area contributed by atoms with Crippen molar-refractivity contribution in [2.75, 3.05) is 19.0 Å². The zero-order valence-corrected chi connectivity index (χ0v) is 18.1. The third-order valence-electron chi connectivity index (χ3n) is 5.40. The topological polar surface area (TPSA) is 3.24 Å². The van der Waals surface area contributed by atoms with Crippen LogP contribution in [0.5, 0.6) is 0 Å². The van der Waals surface area contributed by atoms with Crippen LogP contribution >= 0.6 is 0 Å². The van der Waals surface area contributed by atoms with Crippen LogP contribution in [0.2, 0.25) is 0 Å². The molecule has 28 heavy (non-hydrogen) atoms. The third-order valence-corrected chi connectivity index (χ3v) is 5.40. The van der Waals surface area contributed by atoms with Gasteiger partial charge in [-0.3, -0.25) is 0 Å². The molecule has 0 aliphatic rings.